The molecule has 2 heterocycles. The van der Waals surface area contributed by atoms with E-state index in [2.05, 4.69) is 4.98 Å². The van der Waals surface area contributed by atoms with Gasteiger partial charge in [-0.05, 0) is 26.0 Å². The standard InChI is InChI=1S/C15H19N3O4S/c1-3-17(4-2)14(20)12-8-23-9-18(12)13(19)10-6-5-7-11(16-10)15(21)22/h5-7,12H,3-4,8-9H2,1-2H3,(H,21,22). The normalized spacial score (nSPS) is 17.1. The Labute approximate surface area is 138 Å². The van der Waals surface area contributed by atoms with Gasteiger partial charge in [0.15, 0.2) is 0 Å². The summed E-state index contributed by atoms with van der Waals surface area (Å²) in [5, 5.41) is 8.98. The number of carboxylic acid groups (broad SMARTS) is 1. The van der Waals surface area contributed by atoms with E-state index in [4.69, 9.17) is 5.11 Å². The third-order valence-electron chi connectivity index (χ3n) is 3.69. The summed E-state index contributed by atoms with van der Waals surface area (Å²) in [5.41, 5.74) is -0.140. The number of likely N-dealkylation sites (N-methyl/N-ethyl adjacent to an activating group) is 1. The number of carbonyl (C=O) groups excluding carboxylic acids is 2. The minimum Gasteiger partial charge on any atom is -0.477 e. The van der Waals surface area contributed by atoms with Crippen LogP contribution in [0.1, 0.15) is 34.8 Å². The molecule has 1 aromatic heterocycles. The summed E-state index contributed by atoms with van der Waals surface area (Å²) in [4.78, 5) is 43.2. The fourth-order valence-electron chi connectivity index (χ4n) is 2.41. The lowest BCUT2D eigenvalue weighted by Gasteiger charge is -2.28. The van der Waals surface area contributed by atoms with Crippen molar-refractivity contribution in [3.63, 3.8) is 0 Å². The van der Waals surface area contributed by atoms with Crippen molar-refractivity contribution in [1.29, 1.82) is 0 Å². The molecule has 1 N–H and O–H groups in total. The topological polar surface area (TPSA) is 90.8 Å². The zero-order valence-electron chi connectivity index (χ0n) is 13.1. The molecule has 0 spiro atoms. The van der Waals surface area contributed by atoms with E-state index < -0.39 is 17.9 Å². The van der Waals surface area contributed by atoms with Crippen LogP contribution in [-0.4, -0.2) is 68.4 Å². The summed E-state index contributed by atoms with van der Waals surface area (Å²) in [6.07, 6.45) is 0. The average molecular weight is 337 g/mol. The maximum atomic E-state index is 12.6. The quantitative estimate of drug-likeness (QED) is 0.867. The summed E-state index contributed by atoms with van der Waals surface area (Å²) in [6.45, 7) is 4.97. The van der Waals surface area contributed by atoms with Crippen molar-refractivity contribution < 1.29 is 19.5 Å². The first-order valence-electron chi connectivity index (χ1n) is 7.37. The number of aromatic carboxylic acids is 1. The van der Waals surface area contributed by atoms with Crippen LogP contribution in [0, 0.1) is 0 Å². The number of aromatic nitrogens is 1. The summed E-state index contributed by atoms with van der Waals surface area (Å²) in [5.74, 6) is -0.743. The lowest BCUT2D eigenvalue weighted by Crippen LogP contribution is -2.49. The molecule has 0 saturated carbocycles. The summed E-state index contributed by atoms with van der Waals surface area (Å²) < 4.78 is 0. The van der Waals surface area contributed by atoms with Gasteiger partial charge < -0.3 is 14.9 Å². The molecule has 124 valence electrons. The van der Waals surface area contributed by atoms with Gasteiger partial charge >= 0.3 is 5.97 Å². The van der Waals surface area contributed by atoms with Crippen LogP contribution in [0.2, 0.25) is 0 Å². The molecule has 1 aliphatic heterocycles. The number of hydrogen-bond acceptors (Lipinski definition) is 5. The first kappa shape index (κ1) is 17.3. The minimum absolute atomic E-state index is 0.0461. The molecule has 1 atom stereocenters. The molecule has 1 saturated heterocycles. The molecular formula is C15H19N3O4S. The van der Waals surface area contributed by atoms with Crippen molar-refractivity contribution in [2.75, 3.05) is 24.7 Å². The minimum atomic E-state index is -1.19. The van der Waals surface area contributed by atoms with E-state index in [0.717, 1.165) is 0 Å². The van der Waals surface area contributed by atoms with E-state index in [0.29, 0.717) is 24.7 Å². The molecule has 23 heavy (non-hydrogen) atoms. The van der Waals surface area contributed by atoms with Crippen LogP contribution in [0.3, 0.4) is 0 Å². The van der Waals surface area contributed by atoms with Crippen molar-refractivity contribution in [2.24, 2.45) is 0 Å². The molecular weight excluding hydrogens is 318 g/mol. The first-order chi connectivity index (χ1) is 11.0. The van der Waals surface area contributed by atoms with Gasteiger partial charge in [-0.25, -0.2) is 9.78 Å². The second-order valence-corrected chi connectivity index (χ2v) is 6.01. The van der Waals surface area contributed by atoms with Gasteiger partial charge in [0.2, 0.25) is 5.91 Å². The Hall–Kier alpha value is -2.09. The van der Waals surface area contributed by atoms with Gasteiger partial charge in [0, 0.05) is 18.8 Å². The van der Waals surface area contributed by atoms with Crippen molar-refractivity contribution >= 4 is 29.5 Å². The maximum Gasteiger partial charge on any atom is 0.354 e. The molecule has 8 heteroatoms. The van der Waals surface area contributed by atoms with Gasteiger partial charge in [-0.1, -0.05) is 6.07 Å². The predicted molar refractivity (Wildman–Crippen MR) is 86.4 cm³/mol. The second-order valence-electron chi connectivity index (χ2n) is 5.01. The molecule has 0 aliphatic carbocycles. The summed E-state index contributed by atoms with van der Waals surface area (Å²) in [6, 6.07) is 3.75. The molecule has 2 amide bonds. The highest BCUT2D eigenvalue weighted by Crippen LogP contribution is 2.24. The smallest absolute Gasteiger partial charge is 0.354 e. The Morgan fingerprint density at radius 1 is 1.30 bits per heavy atom. The summed E-state index contributed by atoms with van der Waals surface area (Å²) in [7, 11) is 0. The Morgan fingerprint density at radius 3 is 2.57 bits per heavy atom. The fourth-order valence-corrected chi connectivity index (χ4v) is 3.56. The average Bonchev–Trinajstić information content (AvgIpc) is 3.04. The molecule has 1 aromatic rings. The number of thioether (sulfide) groups is 1. The highest BCUT2D eigenvalue weighted by Gasteiger charge is 2.37. The van der Waals surface area contributed by atoms with Crippen LogP contribution in [0.25, 0.3) is 0 Å². The Balaban J connectivity index is 2.22. The first-order valence-corrected chi connectivity index (χ1v) is 8.52. The Morgan fingerprint density at radius 2 is 1.96 bits per heavy atom. The highest BCUT2D eigenvalue weighted by molar-refractivity contribution is 7.99. The van der Waals surface area contributed by atoms with Gasteiger partial charge in [0.25, 0.3) is 5.91 Å². The van der Waals surface area contributed by atoms with Crippen molar-refractivity contribution in [3.05, 3.63) is 29.6 Å². The molecule has 2 rings (SSSR count). The lowest BCUT2D eigenvalue weighted by atomic mass is 10.2. The number of rotatable bonds is 5. The lowest BCUT2D eigenvalue weighted by molar-refractivity contribution is -0.134. The Bertz CT molecular complexity index is 618. The third kappa shape index (κ3) is 3.64. The van der Waals surface area contributed by atoms with E-state index in [1.165, 1.54) is 34.9 Å². The fraction of sp³-hybridized carbons (Fsp3) is 0.467. The van der Waals surface area contributed by atoms with E-state index in [9.17, 15) is 14.4 Å². The van der Waals surface area contributed by atoms with Gasteiger partial charge in [-0.3, -0.25) is 9.59 Å². The molecule has 1 unspecified atom stereocenters. The number of carboxylic acids is 1. The van der Waals surface area contributed by atoms with Crippen molar-refractivity contribution in [3.8, 4) is 0 Å². The van der Waals surface area contributed by atoms with Crippen LogP contribution in [-0.2, 0) is 4.79 Å². The van der Waals surface area contributed by atoms with E-state index in [1.54, 1.807) is 4.90 Å². The molecule has 1 fully saturated rings. The van der Waals surface area contributed by atoms with Crippen LogP contribution in [0.4, 0.5) is 0 Å². The highest BCUT2D eigenvalue weighted by atomic mass is 32.2. The molecule has 0 bridgehead atoms. The maximum absolute atomic E-state index is 12.6. The van der Waals surface area contributed by atoms with Crippen LogP contribution in [0.15, 0.2) is 18.2 Å². The predicted octanol–water partition coefficient (Wildman–Crippen LogP) is 1.16. The SMILES string of the molecule is CCN(CC)C(=O)C1CSCN1C(=O)c1cccc(C(=O)O)n1. The van der Waals surface area contributed by atoms with Crippen LogP contribution >= 0.6 is 11.8 Å². The molecule has 1 aliphatic rings. The molecule has 0 radical (unpaired) electrons. The van der Waals surface area contributed by atoms with E-state index in [1.807, 2.05) is 13.8 Å². The number of hydrogen-bond donors (Lipinski definition) is 1. The van der Waals surface area contributed by atoms with E-state index in [-0.39, 0.29) is 17.3 Å². The van der Waals surface area contributed by atoms with Crippen molar-refractivity contribution in [2.45, 2.75) is 19.9 Å². The zero-order valence-corrected chi connectivity index (χ0v) is 13.9. The molecule has 7 nitrogen and oxygen atoms in total. The van der Waals surface area contributed by atoms with Crippen LogP contribution in [0.5, 0.6) is 0 Å². The Kier molecular flexibility index (Phi) is 5.59. The van der Waals surface area contributed by atoms with Gasteiger partial charge in [0.1, 0.15) is 17.4 Å². The van der Waals surface area contributed by atoms with Gasteiger partial charge in [0.05, 0.1) is 5.88 Å². The molecule has 0 aromatic carbocycles. The third-order valence-corrected chi connectivity index (χ3v) is 4.70. The van der Waals surface area contributed by atoms with Gasteiger partial charge in [-0.2, -0.15) is 0 Å². The number of amides is 2. The second kappa shape index (κ2) is 7.45. The zero-order chi connectivity index (χ0) is 17.0. The van der Waals surface area contributed by atoms with Crippen LogP contribution < -0.4 is 0 Å². The largest absolute Gasteiger partial charge is 0.477 e. The van der Waals surface area contributed by atoms with E-state index >= 15 is 0 Å². The van der Waals surface area contributed by atoms with Gasteiger partial charge in [-0.15, -0.1) is 11.8 Å². The van der Waals surface area contributed by atoms with Crippen molar-refractivity contribution in [1.82, 2.24) is 14.8 Å². The summed E-state index contributed by atoms with van der Waals surface area (Å²) >= 11 is 1.50. The number of carbonyl (C=O) groups is 3. The number of pyridine rings is 1. The number of nitrogens with zero attached hydrogens (tertiary/aromatic N) is 3. The monoisotopic (exact) mass is 337 g/mol.